The van der Waals surface area contributed by atoms with E-state index in [2.05, 4.69) is 227 Å². The van der Waals surface area contributed by atoms with Crippen LogP contribution in [0.15, 0.2) is 228 Å². The third-order valence-corrected chi connectivity index (χ3v) is 11.3. The van der Waals surface area contributed by atoms with E-state index < -0.39 is 0 Å². The summed E-state index contributed by atoms with van der Waals surface area (Å²) in [6, 6.07) is 75.5. The van der Waals surface area contributed by atoms with E-state index in [1.165, 1.54) is 15.2 Å². The molecule has 8 aromatic carbocycles. The van der Waals surface area contributed by atoms with Gasteiger partial charge in [-0.05, 0) is 109 Å². The third kappa shape index (κ3) is 6.24. The van der Waals surface area contributed by atoms with Crippen molar-refractivity contribution in [3.05, 3.63) is 219 Å². The first-order chi connectivity index (χ1) is 27.8. The zero-order valence-corrected chi connectivity index (χ0v) is 31.3. The Morgan fingerprint density at radius 1 is 0.393 bits per heavy atom. The number of rotatable bonds is 8. The molecule has 0 bridgehead atoms. The maximum absolute atomic E-state index is 4.90. The monoisotopic (exact) mass is 736 g/mol. The highest BCUT2D eigenvalue weighted by Gasteiger charge is 2.28. The third-order valence-electron chi connectivity index (χ3n) is 10.2. The van der Waals surface area contributed by atoms with Crippen molar-refractivity contribution in [3.8, 4) is 11.3 Å². The van der Waals surface area contributed by atoms with Gasteiger partial charge in [-0.3, -0.25) is 4.98 Å². The summed E-state index contributed by atoms with van der Waals surface area (Å²) in [6.07, 6.45) is 1.91. The first-order valence-corrected chi connectivity index (χ1v) is 19.6. The number of fused-ring (bicyclic) bond motifs is 3. The molecule has 56 heavy (non-hydrogen) atoms. The van der Waals surface area contributed by atoms with Crippen LogP contribution in [0.3, 0.4) is 0 Å². The van der Waals surface area contributed by atoms with Crippen LogP contribution >= 0.6 is 11.8 Å². The lowest BCUT2D eigenvalue weighted by molar-refractivity contribution is 1.15. The van der Waals surface area contributed by atoms with Gasteiger partial charge in [0.25, 0.3) is 0 Å². The molecule has 0 amide bonds. The maximum atomic E-state index is 4.90. The molecule has 0 atom stereocenters. The Labute approximate surface area is 331 Å². The number of hydrogen-bond acceptors (Lipinski definition) is 5. The second-order valence-electron chi connectivity index (χ2n) is 13.7. The molecule has 10 rings (SSSR count). The highest BCUT2D eigenvalue weighted by molar-refractivity contribution is 7.99. The van der Waals surface area contributed by atoms with Gasteiger partial charge in [-0.15, -0.1) is 0 Å². The predicted molar refractivity (Wildman–Crippen MR) is 235 cm³/mol. The zero-order chi connectivity index (χ0) is 37.3. The molecule has 9 aromatic rings. The molecule has 2 heterocycles. The van der Waals surface area contributed by atoms with Crippen molar-refractivity contribution < 1.29 is 0 Å². The van der Waals surface area contributed by atoms with Crippen LogP contribution in [-0.4, -0.2) is 4.98 Å². The van der Waals surface area contributed by atoms with E-state index in [9.17, 15) is 0 Å². The summed E-state index contributed by atoms with van der Waals surface area (Å²) in [6.45, 7) is 0. The fourth-order valence-corrected chi connectivity index (χ4v) is 8.81. The molecule has 1 aliphatic rings. The summed E-state index contributed by atoms with van der Waals surface area (Å²) >= 11 is 1.82. The van der Waals surface area contributed by atoms with Crippen LogP contribution in [0.5, 0.6) is 0 Å². The molecule has 0 unspecified atom stereocenters. The van der Waals surface area contributed by atoms with E-state index in [4.69, 9.17) is 4.98 Å². The van der Waals surface area contributed by atoms with Crippen LogP contribution in [0, 0.1) is 0 Å². The Hall–Kier alpha value is -7.08. The molecule has 0 radical (unpaired) electrons. The predicted octanol–water partition coefficient (Wildman–Crippen LogP) is 14.8. The summed E-state index contributed by atoms with van der Waals surface area (Å²) in [4.78, 5) is 14.3. The molecule has 0 N–H and O–H groups in total. The number of nitrogens with zero attached hydrogens (tertiary/aromatic N) is 4. The van der Waals surface area contributed by atoms with Crippen molar-refractivity contribution >= 4 is 73.7 Å². The summed E-state index contributed by atoms with van der Waals surface area (Å²) in [7, 11) is 0. The van der Waals surface area contributed by atoms with Crippen LogP contribution in [0.25, 0.3) is 22.0 Å². The number of anilines is 9. The lowest BCUT2D eigenvalue weighted by atomic mass is 10.0. The van der Waals surface area contributed by atoms with E-state index in [0.717, 1.165) is 67.8 Å². The molecular formula is C51H36N4S. The van der Waals surface area contributed by atoms with Crippen molar-refractivity contribution in [1.82, 2.24) is 4.98 Å². The molecule has 0 saturated heterocycles. The van der Waals surface area contributed by atoms with Gasteiger partial charge in [-0.2, -0.15) is 0 Å². The highest BCUT2D eigenvalue weighted by atomic mass is 32.2. The Balaban J connectivity index is 1.15. The fourth-order valence-electron chi connectivity index (χ4n) is 7.69. The van der Waals surface area contributed by atoms with Crippen molar-refractivity contribution in [2.75, 3.05) is 14.7 Å². The minimum Gasteiger partial charge on any atom is -0.310 e. The first-order valence-electron chi connectivity index (χ1n) is 18.8. The SMILES string of the molecule is c1ccc(N(c2ccccc2)c2ccc3c(c2)Sc2cc(N(c4ccccc4)c4ccccc4)ccc2N3c2cccc(-c3nccc4ccccc34)c2)cc1. The van der Waals surface area contributed by atoms with Gasteiger partial charge in [0.1, 0.15) is 0 Å². The molecular weight excluding hydrogens is 701 g/mol. The minimum atomic E-state index is 0.977. The van der Waals surface area contributed by atoms with Crippen LogP contribution in [0.4, 0.5) is 51.2 Å². The van der Waals surface area contributed by atoms with Crippen LogP contribution in [0.2, 0.25) is 0 Å². The van der Waals surface area contributed by atoms with Gasteiger partial charge in [0.2, 0.25) is 0 Å². The van der Waals surface area contributed by atoms with E-state index >= 15 is 0 Å². The molecule has 0 saturated carbocycles. The quantitative estimate of drug-likeness (QED) is 0.155. The number of hydrogen-bond donors (Lipinski definition) is 0. The standard InChI is InChI=1S/C51H36N4S/c1-5-18-39(19-6-1)53(40-20-7-2-8-21-40)44-28-30-47-49(35-44)56-50-36-45(54(41-22-9-3-10-23-41)42-24-11-4-12-25-42)29-31-48(50)55(47)43-26-15-17-38(34-43)51-46-27-14-13-16-37(46)32-33-52-51/h1-36H. The minimum absolute atomic E-state index is 0.977. The van der Waals surface area contributed by atoms with Gasteiger partial charge < -0.3 is 14.7 Å². The normalized spacial score (nSPS) is 11.8. The van der Waals surface area contributed by atoms with E-state index in [1.54, 1.807) is 0 Å². The van der Waals surface area contributed by atoms with Crippen molar-refractivity contribution in [3.63, 3.8) is 0 Å². The maximum Gasteiger partial charge on any atom is 0.0781 e. The summed E-state index contributed by atoms with van der Waals surface area (Å²) < 4.78 is 0. The fraction of sp³-hybridized carbons (Fsp3) is 0. The van der Waals surface area contributed by atoms with Crippen LogP contribution in [-0.2, 0) is 0 Å². The van der Waals surface area contributed by atoms with Crippen LogP contribution < -0.4 is 14.7 Å². The molecule has 0 spiro atoms. The summed E-state index contributed by atoms with van der Waals surface area (Å²) in [5.41, 5.74) is 12.0. The zero-order valence-electron chi connectivity index (χ0n) is 30.5. The summed E-state index contributed by atoms with van der Waals surface area (Å²) in [5.74, 6) is 0. The molecule has 0 fully saturated rings. The van der Waals surface area contributed by atoms with Crippen LogP contribution in [0.1, 0.15) is 0 Å². The molecule has 1 aromatic heterocycles. The Bertz CT molecular complexity index is 2580. The van der Waals surface area contributed by atoms with E-state index in [-0.39, 0.29) is 0 Å². The van der Waals surface area contributed by atoms with E-state index in [1.807, 2.05) is 18.0 Å². The van der Waals surface area contributed by atoms with Gasteiger partial charge in [-0.25, -0.2) is 0 Å². The van der Waals surface area contributed by atoms with Crippen molar-refractivity contribution in [2.24, 2.45) is 0 Å². The number of benzene rings is 8. The topological polar surface area (TPSA) is 22.6 Å². The second kappa shape index (κ2) is 14.6. The molecule has 1 aliphatic heterocycles. The van der Waals surface area contributed by atoms with Gasteiger partial charge in [0.05, 0.1) is 17.1 Å². The highest BCUT2D eigenvalue weighted by Crippen LogP contribution is 2.54. The summed E-state index contributed by atoms with van der Waals surface area (Å²) in [5, 5.41) is 2.32. The van der Waals surface area contributed by atoms with Crippen molar-refractivity contribution in [1.29, 1.82) is 0 Å². The van der Waals surface area contributed by atoms with Gasteiger partial charge >= 0.3 is 0 Å². The Kier molecular flexibility index (Phi) is 8.75. The lowest BCUT2D eigenvalue weighted by Crippen LogP contribution is -2.17. The van der Waals surface area contributed by atoms with Gasteiger partial charge in [0, 0.05) is 66.7 Å². The van der Waals surface area contributed by atoms with Gasteiger partial charge in [0.15, 0.2) is 0 Å². The van der Waals surface area contributed by atoms with Crippen molar-refractivity contribution in [2.45, 2.75) is 9.79 Å². The lowest BCUT2D eigenvalue weighted by Gasteiger charge is -2.35. The average Bonchev–Trinajstić information content (AvgIpc) is 3.27. The molecule has 4 nitrogen and oxygen atoms in total. The second-order valence-corrected chi connectivity index (χ2v) is 14.8. The molecule has 5 heteroatoms. The molecule has 266 valence electrons. The Morgan fingerprint density at radius 2 is 0.875 bits per heavy atom. The largest absolute Gasteiger partial charge is 0.310 e. The molecule has 0 aliphatic carbocycles. The first kappa shape index (κ1) is 33.5. The average molecular weight is 737 g/mol. The van der Waals surface area contributed by atoms with Gasteiger partial charge in [-0.1, -0.05) is 121 Å². The van der Waals surface area contributed by atoms with E-state index in [0.29, 0.717) is 0 Å². The number of pyridine rings is 1. The number of para-hydroxylation sites is 4. The number of aromatic nitrogens is 1. The smallest absolute Gasteiger partial charge is 0.0781 e. The Morgan fingerprint density at radius 3 is 1.39 bits per heavy atom.